The minimum atomic E-state index is -3.58. The zero-order valence-electron chi connectivity index (χ0n) is 15.0. The first-order valence-electron chi connectivity index (χ1n) is 8.48. The van der Waals surface area contributed by atoms with Crippen LogP contribution in [0.3, 0.4) is 0 Å². The van der Waals surface area contributed by atoms with Gasteiger partial charge in [0.2, 0.25) is 10.0 Å². The Morgan fingerprint density at radius 3 is 2.24 bits per heavy atom. The van der Waals surface area contributed by atoms with Gasteiger partial charge in [-0.25, -0.2) is 13.1 Å². The van der Waals surface area contributed by atoms with Crippen molar-refractivity contribution in [1.29, 1.82) is 0 Å². The van der Waals surface area contributed by atoms with E-state index < -0.39 is 15.6 Å². The zero-order valence-corrected chi connectivity index (χ0v) is 15.8. The Bertz CT molecular complexity index is 829. The van der Waals surface area contributed by atoms with Gasteiger partial charge in [0.25, 0.3) is 0 Å². The molecule has 0 aliphatic carbocycles. The Labute approximate surface area is 150 Å². The highest BCUT2D eigenvalue weighted by Crippen LogP contribution is 2.45. The summed E-state index contributed by atoms with van der Waals surface area (Å²) < 4.78 is 34.3. The number of hydrogen-bond donors (Lipinski definition) is 1. The minimum absolute atomic E-state index is 0.00510. The van der Waals surface area contributed by atoms with Crippen LogP contribution in [0.5, 0.6) is 0 Å². The molecule has 1 aliphatic heterocycles. The van der Waals surface area contributed by atoms with Gasteiger partial charge in [-0.05, 0) is 36.5 Å². The first-order chi connectivity index (χ1) is 11.7. The summed E-state index contributed by atoms with van der Waals surface area (Å²) in [6.45, 7) is 7.05. The number of ether oxygens (including phenoxy) is 1. The normalized spacial score (nSPS) is 22.8. The first kappa shape index (κ1) is 18.1. The second-order valence-electron chi connectivity index (χ2n) is 7.63. The highest BCUT2D eigenvalue weighted by Gasteiger charge is 2.46. The summed E-state index contributed by atoms with van der Waals surface area (Å²) in [6.07, 6.45) is 0.764. The SMILES string of the molecule is Cc1ccc(S(=O)(=O)NC[C@]2(c3ccccc3)CC(C)(C)CO2)cc1. The van der Waals surface area contributed by atoms with Gasteiger partial charge in [-0.15, -0.1) is 0 Å². The molecule has 0 radical (unpaired) electrons. The van der Waals surface area contributed by atoms with Gasteiger partial charge in [0.15, 0.2) is 0 Å². The lowest BCUT2D eigenvalue weighted by Crippen LogP contribution is -2.40. The molecule has 0 aromatic heterocycles. The molecule has 2 aromatic rings. The third kappa shape index (κ3) is 3.94. The van der Waals surface area contributed by atoms with Crippen molar-refractivity contribution in [2.45, 2.75) is 37.7 Å². The topological polar surface area (TPSA) is 55.4 Å². The summed E-state index contributed by atoms with van der Waals surface area (Å²) in [7, 11) is -3.58. The van der Waals surface area contributed by atoms with E-state index in [1.807, 2.05) is 37.3 Å². The molecule has 134 valence electrons. The molecule has 1 heterocycles. The van der Waals surface area contributed by atoms with Crippen molar-refractivity contribution >= 4 is 10.0 Å². The Kier molecular flexibility index (Phi) is 4.75. The van der Waals surface area contributed by atoms with E-state index in [4.69, 9.17) is 4.74 Å². The van der Waals surface area contributed by atoms with Crippen LogP contribution in [0.1, 0.15) is 31.4 Å². The summed E-state index contributed by atoms with van der Waals surface area (Å²) in [5, 5.41) is 0. The molecule has 1 fully saturated rings. The molecule has 1 atom stereocenters. The van der Waals surface area contributed by atoms with Gasteiger partial charge in [0.1, 0.15) is 5.60 Å². The Morgan fingerprint density at radius 1 is 1.04 bits per heavy atom. The minimum Gasteiger partial charge on any atom is -0.368 e. The van der Waals surface area contributed by atoms with Gasteiger partial charge in [-0.3, -0.25) is 0 Å². The number of hydrogen-bond acceptors (Lipinski definition) is 3. The van der Waals surface area contributed by atoms with Crippen LogP contribution in [0, 0.1) is 12.3 Å². The molecule has 0 spiro atoms. The van der Waals surface area contributed by atoms with Crippen molar-refractivity contribution in [3.05, 3.63) is 65.7 Å². The molecule has 3 rings (SSSR count). The second-order valence-corrected chi connectivity index (χ2v) is 9.39. The van der Waals surface area contributed by atoms with Gasteiger partial charge in [0.05, 0.1) is 11.5 Å². The Balaban J connectivity index is 1.86. The maximum atomic E-state index is 12.7. The molecule has 25 heavy (non-hydrogen) atoms. The van der Waals surface area contributed by atoms with Crippen molar-refractivity contribution in [3.8, 4) is 0 Å². The molecule has 0 unspecified atom stereocenters. The molecule has 1 aliphatic rings. The van der Waals surface area contributed by atoms with Crippen LogP contribution in [0.15, 0.2) is 59.5 Å². The second kappa shape index (κ2) is 6.56. The van der Waals surface area contributed by atoms with E-state index >= 15 is 0 Å². The molecule has 5 heteroatoms. The van der Waals surface area contributed by atoms with Crippen LogP contribution in [-0.4, -0.2) is 21.6 Å². The van der Waals surface area contributed by atoms with Crippen LogP contribution >= 0.6 is 0 Å². The predicted octanol–water partition coefficient (Wildman–Crippen LogP) is 3.62. The van der Waals surface area contributed by atoms with E-state index in [0.29, 0.717) is 6.61 Å². The quantitative estimate of drug-likeness (QED) is 0.887. The lowest BCUT2D eigenvalue weighted by atomic mass is 9.80. The van der Waals surface area contributed by atoms with Gasteiger partial charge in [-0.1, -0.05) is 61.9 Å². The Morgan fingerprint density at radius 2 is 1.68 bits per heavy atom. The van der Waals surface area contributed by atoms with Gasteiger partial charge < -0.3 is 4.74 Å². The van der Waals surface area contributed by atoms with E-state index in [2.05, 4.69) is 18.6 Å². The summed E-state index contributed by atoms with van der Waals surface area (Å²) >= 11 is 0. The van der Waals surface area contributed by atoms with Crippen LogP contribution < -0.4 is 4.72 Å². The number of aryl methyl sites for hydroxylation is 1. The fraction of sp³-hybridized carbons (Fsp3) is 0.400. The van der Waals surface area contributed by atoms with Gasteiger partial charge >= 0.3 is 0 Å². The van der Waals surface area contributed by atoms with E-state index in [1.165, 1.54) is 0 Å². The first-order valence-corrected chi connectivity index (χ1v) is 9.97. The maximum absolute atomic E-state index is 12.7. The third-order valence-corrected chi connectivity index (χ3v) is 6.10. The number of nitrogens with one attached hydrogen (secondary N) is 1. The Hall–Kier alpha value is -1.69. The van der Waals surface area contributed by atoms with Crippen LogP contribution in [0.2, 0.25) is 0 Å². The fourth-order valence-corrected chi connectivity index (χ4v) is 4.45. The summed E-state index contributed by atoms with van der Waals surface area (Å²) in [5.74, 6) is 0. The molecule has 1 saturated heterocycles. The van der Waals surface area contributed by atoms with E-state index in [1.54, 1.807) is 24.3 Å². The summed E-state index contributed by atoms with van der Waals surface area (Å²) in [6, 6.07) is 16.7. The largest absolute Gasteiger partial charge is 0.368 e. The zero-order chi connectivity index (χ0) is 18.1. The molecule has 0 bridgehead atoms. The molecule has 4 nitrogen and oxygen atoms in total. The third-order valence-electron chi connectivity index (χ3n) is 4.68. The fourth-order valence-electron chi connectivity index (χ4n) is 3.36. The monoisotopic (exact) mass is 359 g/mol. The van der Waals surface area contributed by atoms with E-state index in [-0.39, 0.29) is 16.9 Å². The van der Waals surface area contributed by atoms with Crippen LogP contribution in [0.25, 0.3) is 0 Å². The van der Waals surface area contributed by atoms with Crippen molar-refractivity contribution < 1.29 is 13.2 Å². The number of benzene rings is 2. The van der Waals surface area contributed by atoms with Crippen LogP contribution in [0.4, 0.5) is 0 Å². The lowest BCUT2D eigenvalue weighted by Gasteiger charge is -2.30. The molecule has 2 aromatic carbocycles. The highest BCUT2D eigenvalue weighted by molar-refractivity contribution is 7.89. The lowest BCUT2D eigenvalue weighted by molar-refractivity contribution is 0.00262. The molecule has 1 N–H and O–H groups in total. The van der Waals surface area contributed by atoms with Crippen molar-refractivity contribution in [3.63, 3.8) is 0 Å². The standard InChI is InChI=1S/C20H25NO3S/c1-16-9-11-18(12-10-16)25(22,23)21-14-20(13-19(2,3)15-24-20)17-7-5-4-6-8-17/h4-12,21H,13-15H2,1-3H3/t20-/m0/s1. The molecule has 0 saturated carbocycles. The van der Waals surface area contributed by atoms with E-state index in [9.17, 15) is 8.42 Å². The number of sulfonamides is 1. The summed E-state index contributed by atoms with van der Waals surface area (Å²) in [4.78, 5) is 0.276. The van der Waals surface area contributed by atoms with Gasteiger partial charge in [0, 0.05) is 6.54 Å². The van der Waals surface area contributed by atoms with Crippen molar-refractivity contribution in [2.24, 2.45) is 5.41 Å². The molecular formula is C20H25NO3S. The molecule has 0 amide bonds. The summed E-state index contributed by atoms with van der Waals surface area (Å²) in [5.41, 5.74) is 1.40. The van der Waals surface area contributed by atoms with Crippen molar-refractivity contribution in [2.75, 3.05) is 13.2 Å². The average Bonchev–Trinajstić information content (AvgIpc) is 2.91. The van der Waals surface area contributed by atoms with Gasteiger partial charge in [-0.2, -0.15) is 0 Å². The average molecular weight is 359 g/mol. The van der Waals surface area contributed by atoms with E-state index in [0.717, 1.165) is 17.5 Å². The maximum Gasteiger partial charge on any atom is 0.240 e. The number of rotatable bonds is 5. The predicted molar refractivity (Wildman–Crippen MR) is 98.8 cm³/mol. The molecular weight excluding hydrogens is 334 g/mol. The van der Waals surface area contributed by atoms with Crippen LogP contribution in [-0.2, 0) is 20.4 Å². The van der Waals surface area contributed by atoms with Crippen molar-refractivity contribution in [1.82, 2.24) is 4.72 Å². The highest BCUT2D eigenvalue weighted by atomic mass is 32.2. The smallest absolute Gasteiger partial charge is 0.240 e.